The van der Waals surface area contributed by atoms with Crippen LogP contribution in [0.2, 0.25) is 0 Å². The lowest BCUT2D eigenvalue weighted by atomic mass is 9.93. The first-order valence-corrected chi connectivity index (χ1v) is 10.5. The van der Waals surface area contributed by atoms with Gasteiger partial charge in [0.1, 0.15) is 17.5 Å². The molecule has 5 rings (SSSR count). The SMILES string of the molecule is Cc1nocc1-c1ccc2c(-c3nc(N[C@@H]4CCC[C@H](O)C4)ncc3C(F)(F)F)[nH]nc2n1. The predicted molar refractivity (Wildman–Crippen MR) is 112 cm³/mol. The van der Waals surface area contributed by atoms with Crippen molar-refractivity contribution in [3.8, 4) is 22.6 Å². The van der Waals surface area contributed by atoms with Crippen LogP contribution in [0, 0.1) is 6.92 Å². The Labute approximate surface area is 185 Å². The molecular formula is C21H20F3N7O2. The second kappa shape index (κ2) is 8.10. The van der Waals surface area contributed by atoms with Crippen molar-refractivity contribution in [1.29, 1.82) is 0 Å². The third-order valence-electron chi connectivity index (χ3n) is 5.75. The number of aromatic nitrogens is 6. The molecule has 2 atom stereocenters. The Balaban J connectivity index is 1.56. The van der Waals surface area contributed by atoms with E-state index in [4.69, 9.17) is 4.52 Å². The number of hydrogen-bond donors (Lipinski definition) is 3. The number of nitrogens with zero attached hydrogens (tertiary/aromatic N) is 5. The molecule has 4 heterocycles. The zero-order valence-electron chi connectivity index (χ0n) is 17.5. The summed E-state index contributed by atoms with van der Waals surface area (Å²) in [7, 11) is 0. The number of aliphatic hydroxyl groups is 1. The summed E-state index contributed by atoms with van der Waals surface area (Å²) in [6.45, 7) is 1.76. The molecular weight excluding hydrogens is 439 g/mol. The Morgan fingerprint density at radius 2 is 2.06 bits per heavy atom. The number of aromatic amines is 1. The Kier molecular flexibility index (Phi) is 5.23. The number of H-pyrrole nitrogens is 1. The number of aliphatic hydroxyl groups excluding tert-OH is 1. The Morgan fingerprint density at radius 3 is 2.79 bits per heavy atom. The minimum absolute atomic E-state index is 0.0597. The zero-order chi connectivity index (χ0) is 23.2. The number of halogens is 3. The summed E-state index contributed by atoms with van der Waals surface area (Å²) < 4.78 is 46.3. The number of aryl methyl sites for hydroxylation is 1. The Morgan fingerprint density at radius 1 is 1.21 bits per heavy atom. The molecule has 0 spiro atoms. The molecule has 4 aromatic rings. The third kappa shape index (κ3) is 4.13. The van der Waals surface area contributed by atoms with Crippen LogP contribution < -0.4 is 5.32 Å². The van der Waals surface area contributed by atoms with E-state index in [1.54, 1.807) is 19.1 Å². The molecule has 0 radical (unpaired) electrons. The molecule has 0 saturated heterocycles. The van der Waals surface area contributed by atoms with Crippen LogP contribution in [0.4, 0.5) is 19.1 Å². The zero-order valence-corrected chi connectivity index (χ0v) is 17.5. The molecule has 9 nitrogen and oxygen atoms in total. The van der Waals surface area contributed by atoms with Gasteiger partial charge in [-0.1, -0.05) is 5.16 Å². The fourth-order valence-electron chi connectivity index (χ4n) is 4.09. The molecule has 0 bridgehead atoms. The standard InChI is InChI=1S/C21H20F3N7O2/c1-10-14(9-33-31-10)16-6-5-13-17(29-30-19(13)27-16)18-15(21(22,23)24)8-25-20(28-18)26-11-3-2-4-12(32)7-11/h5-6,8-9,11-12,32H,2-4,7H2,1H3,(H,25,26,28)(H,27,29,30)/t11-,12+/m1/s1. The van der Waals surface area contributed by atoms with E-state index in [0.717, 1.165) is 19.0 Å². The predicted octanol–water partition coefficient (Wildman–Crippen LogP) is 4.11. The van der Waals surface area contributed by atoms with Crippen LogP contribution in [0.1, 0.15) is 36.9 Å². The highest BCUT2D eigenvalue weighted by Gasteiger charge is 2.36. The van der Waals surface area contributed by atoms with Crippen LogP contribution in [-0.4, -0.2) is 47.6 Å². The normalized spacial score (nSPS) is 19.2. The van der Waals surface area contributed by atoms with Crippen molar-refractivity contribution in [3.05, 3.63) is 35.9 Å². The molecule has 1 fully saturated rings. The van der Waals surface area contributed by atoms with Gasteiger partial charge >= 0.3 is 6.18 Å². The van der Waals surface area contributed by atoms with Crippen LogP contribution in [0.3, 0.4) is 0 Å². The van der Waals surface area contributed by atoms with Gasteiger partial charge in [0.25, 0.3) is 0 Å². The summed E-state index contributed by atoms with van der Waals surface area (Å²) >= 11 is 0. The van der Waals surface area contributed by atoms with E-state index in [-0.39, 0.29) is 29.0 Å². The fourth-order valence-corrected chi connectivity index (χ4v) is 4.09. The summed E-state index contributed by atoms with van der Waals surface area (Å²) in [6, 6.07) is 3.18. The van der Waals surface area contributed by atoms with Crippen LogP contribution in [0.5, 0.6) is 0 Å². The molecule has 172 valence electrons. The van der Waals surface area contributed by atoms with Crippen LogP contribution in [0.25, 0.3) is 33.7 Å². The first kappa shape index (κ1) is 21.3. The van der Waals surface area contributed by atoms with Crippen LogP contribution >= 0.6 is 0 Å². The molecule has 0 aromatic carbocycles. The molecule has 12 heteroatoms. The number of fused-ring (bicyclic) bond motifs is 1. The van der Waals surface area contributed by atoms with Crippen LogP contribution in [0.15, 0.2) is 29.1 Å². The molecule has 1 aliphatic carbocycles. The Bertz CT molecular complexity index is 1300. The molecule has 1 saturated carbocycles. The topological polar surface area (TPSA) is 126 Å². The van der Waals surface area contributed by atoms with Gasteiger partial charge in [-0.3, -0.25) is 5.10 Å². The fraction of sp³-hybridized carbons (Fsp3) is 0.381. The summed E-state index contributed by atoms with van der Waals surface area (Å²) in [5, 5.41) is 23.9. The van der Waals surface area contributed by atoms with Gasteiger partial charge in [-0.15, -0.1) is 0 Å². The van der Waals surface area contributed by atoms with E-state index < -0.39 is 17.8 Å². The molecule has 1 aliphatic rings. The van der Waals surface area contributed by atoms with Crippen molar-refractivity contribution < 1.29 is 22.8 Å². The second-order valence-electron chi connectivity index (χ2n) is 8.10. The quantitative estimate of drug-likeness (QED) is 0.416. The van der Waals surface area contributed by atoms with Gasteiger partial charge in [0, 0.05) is 17.6 Å². The van der Waals surface area contributed by atoms with E-state index in [1.165, 1.54) is 6.26 Å². The smallest absolute Gasteiger partial charge is 0.393 e. The van der Waals surface area contributed by atoms with Crippen molar-refractivity contribution in [1.82, 2.24) is 30.3 Å². The van der Waals surface area contributed by atoms with Crippen molar-refractivity contribution in [2.24, 2.45) is 0 Å². The average molecular weight is 459 g/mol. The lowest BCUT2D eigenvalue weighted by Crippen LogP contribution is -2.30. The monoisotopic (exact) mass is 459 g/mol. The van der Waals surface area contributed by atoms with Crippen LogP contribution in [-0.2, 0) is 6.18 Å². The van der Waals surface area contributed by atoms with Gasteiger partial charge < -0.3 is 14.9 Å². The first-order valence-electron chi connectivity index (χ1n) is 10.5. The number of hydrogen-bond acceptors (Lipinski definition) is 8. The maximum atomic E-state index is 13.8. The number of alkyl halides is 3. The summed E-state index contributed by atoms with van der Waals surface area (Å²) in [6.07, 6.45) is -0.115. The molecule has 0 amide bonds. The van der Waals surface area contributed by atoms with Gasteiger partial charge in [0.05, 0.1) is 28.7 Å². The van der Waals surface area contributed by atoms with E-state index >= 15 is 0 Å². The van der Waals surface area contributed by atoms with Gasteiger partial charge in [-0.05, 0) is 44.7 Å². The van der Waals surface area contributed by atoms with Crippen molar-refractivity contribution in [2.75, 3.05) is 5.32 Å². The second-order valence-corrected chi connectivity index (χ2v) is 8.10. The van der Waals surface area contributed by atoms with Crippen molar-refractivity contribution >= 4 is 17.0 Å². The summed E-state index contributed by atoms with van der Waals surface area (Å²) in [4.78, 5) is 12.5. The third-order valence-corrected chi connectivity index (χ3v) is 5.75. The van der Waals surface area contributed by atoms with E-state index in [2.05, 4.69) is 35.6 Å². The van der Waals surface area contributed by atoms with E-state index in [9.17, 15) is 18.3 Å². The number of nitrogens with one attached hydrogen (secondary N) is 2. The first-order chi connectivity index (χ1) is 15.8. The maximum Gasteiger partial charge on any atom is 0.420 e. The highest BCUT2D eigenvalue weighted by Crippen LogP contribution is 2.38. The van der Waals surface area contributed by atoms with Gasteiger partial charge in [-0.2, -0.15) is 18.3 Å². The number of rotatable bonds is 4. The largest absolute Gasteiger partial charge is 0.420 e. The summed E-state index contributed by atoms with van der Waals surface area (Å²) in [5.41, 5.74) is 0.858. The number of anilines is 1. The van der Waals surface area contributed by atoms with Gasteiger partial charge in [-0.25, -0.2) is 15.0 Å². The molecule has 4 aromatic heterocycles. The lowest BCUT2D eigenvalue weighted by molar-refractivity contribution is -0.137. The lowest BCUT2D eigenvalue weighted by Gasteiger charge is -2.26. The Hall–Kier alpha value is -3.54. The van der Waals surface area contributed by atoms with Gasteiger partial charge in [0.15, 0.2) is 5.65 Å². The average Bonchev–Trinajstić information content (AvgIpc) is 3.38. The van der Waals surface area contributed by atoms with Crippen molar-refractivity contribution in [3.63, 3.8) is 0 Å². The number of pyridine rings is 1. The summed E-state index contributed by atoms with van der Waals surface area (Å²) in [5.74, 6) is 0.0597. The maximum absolute atomic E-state index is 13.8. The highest BCUT2D eigenvalue weighted by atomic mass is 19.4. The highest BCUT2D eigenvalue weighted by molar-refractivity contribution is 5.92. The molecule has 33 heavy (non-hydrogen) atoms. The van der Waals surface area contributed by atoms with Gasteiger partial charge in [0.2, 0.25) is 5.95 Å². The molecule has 3 N–H and O–H groups in total. The minimum Gasteiger partial charge on any atom is -0.393 e. The molecule has 0 aliphatic heterocycles. The van der Waals surface area contributed by atoms with E-state index in [0.29, 0.717) is 35.2 Å². The molecule has 0 unspecified atom stereocenters. The van der Waals surface area contributed by atoms with E-state index in [1.807, 2.05) is 0 Å². The minimum atomic E-state index is -4.67. The van der Waals surface area contributed by atoms with Crippen molar-refractivity contribution in [2.45, 2.75) is 50.9 Å².